The van der Waals surface area contributed by atoms with Crippen LogP contribution in [0, 0.1) is 5.92 Å². The number of nitrogens with one attached hydrogen (secondary N) is 1. The Morgan fingerprint density at radius 1 is 1.41 bits per heavy atom. The molecule has 4 heteroatoms. The van der Waals surface area contributed by atoms with E-state index in [1.807, 2.05) is 37.3 Å². The van der Waals surface area contributed by atoms with Crippen LogP contribution in [0.5, 0.6) is 0 Å². The third-order valence-electron chi connectivity index (χ3n) is 3.16. The molecule has 0 saturated carbocycles. The van der Waals surface area contributed by atoms with E-state index in [9.17, 15) is 4.79 Å². The minimum Gasteiger partial charge on any atom is -0.481 e. The molecule has 0 aromatic heterocycles. The summed E-state index contributed by atoms with van der Waals surface area (Å²) in [5, 5.41) is 12.4. The fraction of sp³-hybridized carbons (Fsp3) is 0.462. The smallest absolute Gasteiger partial charge is 0.310 e. The lowest BCUT2D eigenvalue weighted by molar-refractivity contribution is -0.142. The Morgan fingerprint density at radius 3 is 2.76 bits per heavy atom. The van der Waals surface area contributed by atoms with E-state index in [0.29, 0.717) is 13.2 Å². The number of aliphatic carboxylic acids is 1. The van der Waals surface area contributed by atoms with Crippen LogP contribution in [0.4, 0.5) is 0 Å². The predicted molar refractivity (Wildman–Crippen MR) is 63.7 cm³/mol. The Hall–Kier alpha value is -1.39. The lowest BCUT2D eigenvalue weighted by Crippen LogP contribution is -2.40. The predicted octanol–water partition coefficient (Wildman–Crippen LogP) is 1.44. The van der Waals surface area contributed by atoms with Crippen LogP contribution < -0.4 is 5.32 Å². The highest BCUT2D eigenvalue weighted by Crippen LogP contribution is 2.19. The lowest BCUT2D eigenvalue weighted by Gasteiger charge is -2.21. The fourth-order valence-electron chi connectivity index (χ4n) is 2.12. The van der Waals surface area contributed by atoms with E-state index in [1.54, 1.807) is 0 Å². The summed E-state index contributed by atoms with van der Waals surface area (Å²) in [6.07, 6.45) is 0. The van der Waals surface area contributed by atoms with Gasteiger partial charge >= 0.3 is 5.97 Å². The van der Waals surface area contributed by atoms with Crippen molar-refractivity contribution >= 4 is 5.97 Å². The molecule has 2 rings (SSSR count). The van der Waals surface area contributed by atoms with Gasteiger partial charge < -0.3 is 15.2 Å². The summed E-state index contributed by atoms with van der Waals surface area (Å²) in [4.78, 5) is 11.0. The third-order valence-corrected chi connectivity index (χ3v) is 3.16. The summed E-state index contributed by atoms with van der Waals surface area (Å²) >= 11 is 0. The van der Waals surface area contributed by atoms with Crippen molar-refractivity contribution in [3.05, 3.63) is 35.9 Å². The number of carbonyl (C=O) groups is 1. The average Bonchev–Trinajstić information content (AvgIpc) is 2.78. The van der Waals surface area contributed by atoms with E-state index < -0.39 is 11.9 Å². The molecule has 0 amide bonds. The quantitative estimate of drug-likeness (QED) is 0.829. The zero-order valence-electron chi connectivity index (χ0n) is 9.80. The summed E-state index contributed by atoms with van der Waals surface area (Å²) in [6, 6.07) is 10.0. The molecular weight excluding hydrogens is 218 g/mol. The fourth-order valence-corrected chi connectivity index (χ4v) is 2.12. The van der Waals surface area contributed by atoms with Crippen LogP contribution in [0.1, 0.15) is 18.5 Å². The number of benzene rings is 1. The zero-order chi connectivity index (χ0) is 12.3. The number of hydrogen-bond donors (Lipinski definition) is 2. The van der Waals surface area contributed by atoms with Crippen molar-refractivity contribution < 1.29 is 14.6 Å². The SMILES string of the molecule is C[C@H](NC1COCC1C(=O)O)c1ccccc1. The highest BCUT2D eigenvalue weighted by atomic mass is 16.5. The van der Waals surface area contributed by atoms with Gasteiger partial charge in [0.25, 0.3) is 0 Å². The van der Waals surface area contributed by atoms with Gasteiger partial charge in [-0.2, -0.15) is 0 Å². The van der Waals surface area contributed by atoms with E-state index in [1.165, 1.54) is 0 Å². The Morgan fingerprint density at radius 2 is 2.12 bits per heavy atom. The van der Waals surface area contributed by atoms with E-state index in [0.717, 1.165) is 5.56 Å². The second kappa shape index (κ2) is 5.29. The molecule has 3 atom stereocenters. The molecule has 1 heterocycles. The Labute approximate surface area is 101 Å². The maximum Gasteiger partial charge on any atom is 0.310 e. The highest BCUT2D eigenvalue weighted by Gasteiger charge is 2.34. The van der Waals surface area contributed by atoms with Crippen LogP contribution in [-0.2, 0) is 9.53 Å². The van der Waals surface area contributed by atoms with Crippen LogP contribution in [0.3, 0.4) is 0 Å². The summed E-state index contributed by atoms with van der Waals surface area (Å²) in [5.41, 5.74) is 1.16. The van der Waals surface area contributed by atoms with Gasteiger partial charge in [-0.1, -0.05) is 30.3 Å². The molecule has 1 saturated heterocycles. The van der Waals surface area contributed by atoms with Gasteiger partial charge in [-0.05, 0) is 12.5 Å². The van der Waals surface area contributed by atoms with Gasteiger partial charge in [-0.15, -0.1) is 0 Å². The number of ether oxygens (including phenoxy) is 1. The first kappa shape index (κ1) is 12.1. The molecule has 1 aliphatic heterocycles. The summed E-state index contributed by atoms with van der Waals surface area (Å²) < 4.78 is 5.22. The molecule has 2 unspecified atom stereocenters. The molecule has 1 fully saturated rings. The minimum absolute atomic E-state index is 0.109. The van der Waals surface area contributed by atoms with Crippen molar-refractivity contribution in [1.82, 2.24) is 5.32 Å². The Kier molecular flexibility index (Phi) is 3.76. The molecular formula is C13H17NO3. The third kappa shape index (κ3) is 2.84. The van der Waals surface area contributed by atoms with Crippen molar-refractivity contribution in [2.45, 2.75) is 19.0 Å². The number of carboxylic acid groups (broad SMARTS) is 1. The molecule has 92 valence electrons. The van der Waals surface area contributed by atoms with Gasteiger partial charge in [0.05, 0.1) is 19.1 Å². The van der Waals surface area contributed by atoms with Crippen LogP contribution in [0.2, 0.25) is 0 Å². The van der Waals surface area contributed by atoms with E-state index in [-0.39, 0.29) is 12.1 Å². The van der Waals surface area contributed by atoms with Crippen LogP contribution in [-0.4, -0.2) is 30.3 Å². The first-order valence-electron chi connectivity index (χ1n) is 5.80. The largest absolute Gasteiger partial charge is 0.481 e. The molecule has 1 aromatic carbocycles. The first-order valence-corrected chi connectivity index (χ1v) is 5.80. The van der Waals surface area contributed by atoms with Gasteiger partial charge in [0, 0.05) is 12.1 Å². The monoisotopic (exact) mass is 235 g/mol. The van der Waals surface area contributed by atoms with E-state index >= 15 is 0 Å². The number of hydrogen-bond acceptors (Lipinski definition) is 3. The second-order valence-corrected chi connectivity index (χ2v) is 4.39. The van der Waals surface area contributed by atoms with Gasteiger partial charge in [0.15, 0.2) is 0 Å². The second-order valence-electron chi connectivity index (χ2n) is 4.39. The normalized spacial score (nSPS) is 25.7. The maximum absolute atomic E-state index is 11.0. The van der Waals surface area contributed by atoms with Crippen molar-refractivity contribution in [3.63, 3.8) is 0 Å². The highest BCUT2D eigenvalue weighted by molar-refractivity contribution is 5.71. The zero-order valence-corrected chi connectivity index (χ0v) is 9.80. The van der Waals surface area contributed by atoms with Gasteiger partial charge in [-0.25, -0.2) is 0 Å². The standard InChI is InChI=1S/C13H17NO3/c1-9(10-5-3-2-4-6-10)14-12-8-17-7-11(12)13(15)16/h2-6,9,11-12,14H,7-8H2,1H3,(H,15,16)/t9-,11?,12?/m0/s1. The molecule has 1 aromatic rings. The summed E-state index contributed by atoms with van der Waals surface area (Å²) in [7, 11) is 0. The topological polar surface area (TPSA) is 58.6 Å². The lowest BCUT2D eigenvalue weighted by atomic mass is 10.0. The Bertz CT molecular complexity index is 380. The van der Waals surface area contributed by atoms with Crippen molar-refractivity contribution in [2.75, 3.05) is 13.2 Å². The van der Waals surface area contributed by atoms with Crippen LogP contribution in [0.25, 0.3) is 0 Å². The van der Waals surface area contributed by atoms with Crippen LogP contribution in [0.15, 0.2) is 30.3 Å². The molecule has 4 nitrogen and oxygen atoms in total. The molecule has 2 N–H and O–H groups in total. The van der Waals surface area contributed by atoms with Crippen LogP contribution >= 0.6 is 0 Å². The van der Waals surface area contributed by atoms with Gasteiger partial charge in [0.1, 0.15) is 0 Å². The van der Waals surface area contributed by atoms with Crippen molar-refractivity contribution in [2.24, 2.45) is 5.92 Å². The van der Waals surface area contributed by atoms with E-state index in [4.69, 9.17) is 9.84 Å². The number of carboxylic acids is 1. The first-order chi connectivity index (χ1) is 8.18. The molecule has 17 heavy (non-hydrogen) atoms. The molecule has 0 aliphatic carbocycles. The van der Waals surface area contributed by atoms with Crippen molar-refractivity contribution in [3.8, 4) is 0 Å². The number of rotatable bonds is 4. The molecule has 0 radical (unpaired) electrons. The molecule has 0 spiro atoms. The Balaban J connectivity index is 1.99. The van der Waals surface area contributed by atoms with Gasteiger partial charge in [0.2, 0.25) is 0 Å². The summed E-state index contributed by atoms with van der Waals surface area (Å²) in [6.45, 7) is 2.80. The average molecular weight is 235 g/mol. The van der Waals surface area contributed by atoms with Crippen molar-refractivity contribution in [1.29, 1.82) is 0 Å². The van der Waals surface area contributed by atoms with E-state index in [2.05, 4.69) is 5.32 Å². The molecule has 1 aliphatic rings. The minimum atomic E-state index is -0.791. The molecule has 0 bridgehead atoms. The summed E-state index contributed by atoms with van der Waals surface area (Å²) in [5.74, 6) is -1.23. The maximum atomic E-state index is 11.0. The van der Waals surface area contributed by atoms with Gasteiger partial charge in [-0.3, -0.25) is 4.79 Å².